The van der Waals surface area contributed by atoms with Crippen LogP contribution in [-0.4, -0.2) is 35.2 Å². The van der Waals surface area contributed by atoms with Crippen molar-refractivity contribution in [2.45, 2.75) is 11.6 Å². The first-order valence-corrected chi connectivity index (χ1v) is 9.43. The van der Waals surface area contributed by atoms with Crippen molar-refractivity contribution in [1.29, 1.82) is 0 Å². The van der Waals surface area contributed by atoms with Gasteiger partial charge in [-0.3, -0.25) is 4.79 Å². The number of ether oxygens (including phenoxy) is 2. The molecule has 0 atom stereocenters. The molecule has 0 aliphatic carbocycles. The molecule has 3 aromatic rings. The van der Waals surface area contributed by atoms with Crippen molar-refractivity contribution >= 4 is 17.7 Å². The number of nitrogens with one attached hydrogen (secondary N) is 1. The second-order valence-corrected chi connectivity index (χ2v) is 6.74. The molecule has 0 saturated carbocycles. The Morgan fingerprint density at radius 1 is 1.07 bits per heavy atom. The summed E-state index contributed by atoms with van der Waals surface area (Å²) in [6.45, 7) is 0.804. The van der Waals surface area contributed by atoms with Gasteiger partial charge in [-0.25, -0.2) is 0 Å². The van der Waals surface area contributed by atoms with E-state index in [1.54, 1.807) is 12.1 Å². The van der Waals surface area contributed by atoms with Crippen molar-refractivity contribution in [2.75, 3.05) is 19.1 Å². The van der Waals surface area contributed by atoms with Crippen molar-refractivity contribution < 1.29 is 18.7 Å². The van der Waals surface area contributed by atoms with E-state index in [-0.39, 0.29) is 18.5 Å². The van der Waals surface area contributed by atoms with Gasteiger partial charge in [0.15, 0.2) is 11.5 Å². The Kier molecular flexibility index (Phi) is 5.24. The van der Waals surface area contributed by atoms with Gasteiger partial charge in [-0.15, -0.1) is 10.2 Å². The average Bonchev–Trinajstić information content (AvgIpc) is 3.36. The fourth-order valence-corrected chi connectivity index (χ4v) is 3.18. The maximum Gasteiger partial charge on any atom is 0.277 e. The standard InChI is InChI=1S/C19H17N3O4S/c23-17(20-9-8-13-4-2-1-3-5-13)11-27-19-22-21-18(26-19)14-6-7-15-16(10-14)25-12-24-15/h1-7,10H,8-9,11-12H2,(H,20,23). The number of benzene rings is 2. The number of hydrogen-bond acceptors (Lipinski definition) is 7. The van der Waals surface area contributed by atoms with Gasteiger partial charge >= 0.3 is 0 Å². The summed E-state index contributed by atoms with van der Waals surface area (Å²) in [6.07, 6.45) is 0.798. The van der Waals surface area contributed by atoms with Crippen molar-refractivity contribution in [3.05, 3.63) is 54.1 Å². The van der Waals surface area contributed by atoms with Crippen LogP contribution >= 0.6 is 11.8 Å². The summed E-state index contributed by atoms with van der Waals surface area (Å²) < 4.78 is 16.2. The smallest absolute Gasteiger partial charge is 0.277 e. The Morgan fingerprint density at radius 3 is 2.81 bits per heavy atom. The fraction of sp³-hybridized carbons (Fsp3) is 0.211. The number of amides is 1. The molecule has 2 aromatic carbocycles. The normalized spacial score (nSPS) is 12.1. The van der Waals surface area contributed by atoms with Crippen LogP contribution in [0.15, 0.2) is 58.2 Å². The highest BCUT2D eigenvalue weighted by molar-refractivity contribution is 7.99. The van der Waals surface area contributed by atoms with Gasteiger partial charge in [-0.05, 0) is 30.2 Å². The fourth-order valence-electron chi connectivity index (χ4n) is 2.58. The van der Waals surface area contributed by atoms with Crippen molar-refractivity contribution in [1.82, 2.24) is 15.5 Å². The molecule has 0 spiro atoms. The van der Waals surface area contributed by atoms with Gasteiger partial charge in [-0.1, -0.05) is 42.1 Å². The molecule has 0 saturated heterocycles. The molecule has 0 unspecified atom stereocenters. The van der Waals surface area contributed by atoms with Gasteiger partial charge in [0.25, 0.3) is 5.22 Å². The maximum atomic E-state index is 12.0. The molecule has 1 aliphatic rings. The largest absolute Gasteiger partial charge is 0.454 e. The molecule has 0 bridgehead atoms. The molecule has 1 amide bonds. The van der Waals surface area contributed by atoms with Crippen LogP contribution in [0.25, 0.3) is 11.5 Å². The lowest BCUT2D eigenvalue weighted by Crippen LogP contribution is -2.27. The van der Waals surface area contributed by atoms with Crippen molar-refractivity contribution in [3.8, 4) is 23.0 Å². The molecule has 138 valence electrons. The lowest BCUT2D eigenvalue weighted by atomic mass is 10.1. The lowest BCUT2D eigenvalue weighted by molar-refractivity contribution is -0.118. The second-order valence-electron chi connectivity index (χ2n) is 5.82. The zero-order chi connectivity index (χ0) is 18.5. The maximum absolute atomic E-state index is 12.0. The highest BCUT2D eigenvalue weighted by atomic mass is 32.2. The summed E-state index contributed by atoms with van der Waals surface area (Å²) in [5.41, 5.74) is 1.93. The van der Waals surface area contributed by atoms with Gasteiger partial charge in [0.05, 0.1) is 5.75 Å². The summed E-state index contributed by atoms with van der Waals surface area (Å²) >= 11 is 1.21. The molecule has 4 rings (SSSR count). The zero-order valence-electron chi connectivity index (χ0n) is 14.4. The monoisotopic (exact) mass is 383 g/mol. The molecule has 1 aromatic heterocycles. The number of rotatable bonds is 7. The van der Waals surface area contributed by atoms with Gasteiger partial charge in [0.1, 0.15) is 0 Å². The molecule has 0 fully saturated rings. The first-order valence-electron chi connectivity index (χ1n) is 8.45. The van der Waals surface area contributed by atoms with Gasteiger partial charge < -0.3 is 19.2 Å². The SMILES string of the molecule is O=C(CSc1nnc(-c2ccc3c(c2)OCO3)o1)NCCc1ccccc1. The summed E-state index contributed by atoms with van der Waals surface area (Å²) in [7, 11) is 0. The topological polar surface area (TPSA) is 86.5 Å². The van der Waals surface area contributed by atoms with E-state index in [9.17, 15) is 4.79 Å². The minimum atomic E-state index is -0.0706. The third-order valence-corrected chi connectivity index (χ3v) is 4.75. The molecule has 1 aliphatic heterocycles. The summed E-state index contributed by atoms with van der Waals surface area (Å²) in [5, 5.41) is 11.2. The Labute approximate surface area is 160 Å². The Bertz CT molecular complexity index is 930. The first-order chi connectivity index (χ1) is 13.3. The second kappa shape index (κ2) is 8.13. The molecule has 1 N–H and O–H groups in total. The van der Waals surface area contributed by atoms with Gasteiger partial charge in [-0.2, -0.15) is 0 Å². The summed E-state index contributed by atoms with van der Waals surface area (Å²) in [4.78, 5) is 12.0. The summed E-state index contributed by atoms with van der Waals surface area (Å²) in [6, 6.07) is 15.4. The van der Waals surface area contributed by atoms with Crippen LogP contribution in [0.5, 0.6) is 11.5 Å². The molecular weight excluding hydrogens is 366 g/mol. The Hall–Kier alpha value is -3.00. The quantitative estimate of drug-likeness (QED) is 0.628. The summed E-state index contributed by atoms with van der Waals surface area (Å²) in [5.74, 6) is 1.87. The van der Waals surface area contributed by atoms with E-state index in [4.69, 9.17) is 13.9 Å². The molecule has 27 heavy (non-hydrogen) atoms. The highest BCUT2D eigenvalue weighted by Gasteiger charge is 2.17. The number of carbonyl (C=O) groups excluding carboxylic acids is 1. The zero-order valence-corrected chi connectivity index (χ0v) is 15.2. The van der Waals surface area contributed by atoms with E-state index in [0.717, 1.165) is 12.0 Å². The van der Waals surface area contributed by atoms with Crippen LogP contribution in [0.3, 0.4) is 0 Å². The van der Waals surface area contributed by atoms with Crippen LogP contribution in [-0.2, 0) is 11.2 Å². The van der Waals surface area contributed by atoms with E-state index in [1.807, 2.05) is 36.4 Å². The number of fused-ring (bicyclic) bond motifs is 1. The molecule has 7 nitrogen and oxygen atoms in total. The number of thioether (sulfide) groups is 1. The molecule has 8 heteroatoms. The van der Waals surface area contributed by atoms with E-state index in [2.05, 4.69) is 15.5 Å². The first kappa shape index (κ1) is 17.4. The van der Waals surface area contributed by atoms with E-state index in [0.29, 0.717) is 29.2 Å². The van der Waals surface area contributed by atoms with Crippen LogP contribution in [0.4, 0.5) is 0 Å². The molecule has 2 heterocycles. The van der Waals surface area contributed by atoms with Gasteiger partial charge in [0.2, 0.25) is 18.6 Å². The number of aromatic nitrogens is 2. The highest BCUT2D eigenvalue weighted by Crippen LogP contribution is 2.35. The minimum Gasteiger partial charge on any atom is -0.454 e. The van der Waals surface area contributed by atoms with E-state index in [1.165, 1.54) is 17.3 Å². The number of hydrogen-bond donors (Lipinski definition) is 1. The minimum absolute atomic E-state index is 0.0706. The lowest BCUT2D eigenvalue weighted by Gasteiger charge is -2.04. The van der Waals surface area contributed by atoms with Crippen molar-refractivity contribution in [3.63, 3.8) is 0 Å². The predicted octanol–water partition coefficient (Wildman–Crippen LogP) is 2.92. The average molecular weight is 383 g/mol. The Morgan fingerprint density at radius 2 is 1.93 bits per heavy atom. The van der Waals surface area contributed by atoms with Gasteiger partial charge in [0, 0.05) is 12.1 Å². The molecular formula is C19H17N3O4S. The van der Waals surface area contributed by atoms with Crippen molar-refractivity contribution in [2.24, 2.45) is 0 Å². The predicted molar refractivity (Wildman–Crippen MR) is 99.7 cm³/mol. The number of nitrogens with zero attached hydrogens (tertiary/aromatic N) is 2. The number of carbonyl (C=O) groups is 1. The van der Waals surface area contributed by atoms with E-state index >= 15 is 0 Å². The van der Waals surface area contributed by atoms with Crippen LogP contribution < -0.4 is 14.8 Å². The Balaban J connectivity index is 1.26. The van der Waals surface area contributed by atoms with Crippen LogP contribution in [0.1, 0.15) is 5.56 Å². The third kappa shape index (κ3) is 4.40. The molecule has 0 radical (unpaired) electrons. The van der Waals surface area contributed by atoms with Crippen LogP contribution in [0, 0.1) is 0 Å². The van der Waals surface area contributed by atoms with Crippen LogP contribution in [0.2, 0.25) is 0 Å². The third-order valence-electron chi connectivity index (χ3n) is 3.93. The van der Waals surface area contributed by atoms with E-state index < -0.39 is 0 Å².